The first kappa shape index (κ1) is 12.1. The fourth-order valence-electron chi connectivity index (χ4n) is 1.47. The Labute approximate surface area is 99.1 Å². The van der Waals surface area contributed by atoms with Crippen LogP contribution in [0.2, 0.25) is 0 Å². The van der Waals surface area contributed by atoms with E-state index in [0.717, 1.165) is 25.4 Å². The highest BCUT2D eigenvalue weighted by atomic mass is 19.1. The van der Waals surface area contributed by atoms with E-state index >= 15 is 0 Å². The molecule has 1 aromatic rings. The van der Waals surface area contributed by atoms with Gasteiger partial charge >= 0.3 is 0 Å². The Bertz CT molecular complexity index is 368. The van der Waals surface area contributed by atoms with Crippen LogP contribution in [-0.2, 0) is 11.3 Å². The Morgan fingerprint density at radius 3 is 2.94 bits per heavy atom. The lowest BCUT2D eigenvalue weighted by atomic mass is 10.3. The van der Waals surface area contributed by atoms with Gasteiger partial charge in [-0.25, -0.2) is 14.4 Å². The molecule has 0 bridgehead atoms. The molecule has 2 N–H and O–H groups in total. The molecule has 1 aliphatic rings. The average Bonchev–Trinajstić information content (AvgIpc) is 2.38. The summed E-state index contributed by atoms with van der Waals surface area (Å²) >= 11 is 0. The molecule has 17 heavy (non-hydrogen) atoms. The van der Waals surface area contributed by atoms with Crippen molar-refractivity contribution in [2.75, 3.05) is 13.3 Å². The number of rotatable bonds is 5. The summed E-state index contributed by atoms with van der Waals surface area (Å²) in [4.78, 5) is 7.66. The number of halogens is 1. The lowest BCUT2D eigenvalue weighted by Crippen LogP contribution is -2.36. The molecule has 2 rings (SSSR count). The second-order valence-corrected chi connectivity index (χ2v) is 3.66. The van der Waals surface area contributed by atoms with Crippen LogP contribution in [0.25, 0.3) is 0 Å². The van der Waals surface area contributed by atoms with Crippen molar-refractivity contribution in [3.05, 3.63) is 36.2 Å². The Morgan fingerprint density at radius 2 is 2.24 bits per heavy atom. The second kappa shape index (κ2) is 6.39. The van der Waals surface area contributed by atoms with Crippen molar-refractivity contribution in [1.82, 2.24) is 20.6 Å². The molecule has 0 saturated carbocycles. The van der Waals surface area contributed by atoms with Gasteiger partial charge in [0.2, 0.25) is 0 Å². The molecule has 0 saturated heterocycles. The van der Waals surface area contributed by atoms with Crippen LogP contribution in [0.3, 0.4) is 0 Å². The van der Waals surface area contributed by atoms with E-state index in [9.17, 15) is 4.39 Å². The van der Waals surface area contributed by atoms with E-state index in [1.165, 1.54) is 0 Å². The third kappa shape index (κ3) is 4.18. The van der Waals surface area contributed by atoms with Crippen LogP contribution < -0.4 is 10.6 Å². The zero-order valence-corrected chi connectivity index (χ0v) is 9.40. The number of hydrogen-bond donors (Lipinski definition) is 2. The van der Waals surface area contributed by atoms with Crippen molar-refractivity contribution in [2.45, 2.75) is 19.2 Å². The fraction of sp³-hybridized carbons (Fsp3) is 0.455. The maximum absolute atomic E-state index is 12.5. The van der Waals surface area contributed by atoms with Gasteiger partial charge in [-0.15, -0.1) is 0 Å². The number of aromatic nitrogens is 2. The summed E-state index contributed by atoms with van der Waals surface area (Å²) in [7, 11) is 0. The predicted molar refractivity (Wildman–Crippen MR) is 60.3 cm³/mol. The summed E-state index contributed by atoms with van der Waals surface area (Å²) in [5, 5.41) is 6.23. The van der Waals surface area contributed by atoms with E-state index in [-0.39, 0.29) is 6.23 Å². The molecular weight excluding hydrogens is 223 g/mol. The van der Waals surface area contributed by atoms with Crippen molar-refractivity contribution >= 4 is 0 Å². The molecule has 0 aromatic carbocycles. The largest absolute Gasteiger partial charge is 0.348 e. The summed E-state index contributed by atoms with van der Waals surface area (Å²) in [6.45, 7) is 1.71. The summed E-state index contributed by atoms with van der Waals surface area (Å²) < 4.78 is 18.1. The summed E-state index contributed by atoms with van der Waals surface area (Å²) in [6, 6.07) is 0. The van der Waals surface area contributed by atoms with Crippen molar-refractivity contribution in [3.8, 4) is 0 Å². The highest BCUT2D eigenvalue weighted by Gasteiger charge is 2.07. The third-order valence-electron chi connectivity index (χ3n) is 2.32. The van der Waals surface area contributed by atoms with Gasteiger partial charge in [0.15, 0.2) is 5.82 Å². The number of nitrogens with one attached hydrogen (secondary N) is 2. The van der Waals surface area contributed by atoms with E-state index in [1.807, 2.05) is 0 Å². The standard InChI is InChI=1S/C11H15FN4O/c12-9-5-15-10(16-6-9)7-13-8-17-11-3-1-2-4-14-11/h1-2,5-6,11,13-14H,3-4,7-8H2. The van der Waals surface area contributed by atoms with Gasteiger partial charge in [0.05, 0.1) is 25.7 Å². The van der Waals surface area contributed by atoms with Crippen molar-refractivity contribution in [1.29, 1.82) is 0 Å². The molecular formula is C11H15FN4O. The summed E-state index contributed by atoms with van der Waals surface area (Å²) in [6.07, 6.45) is 7.39. The quantitative estimate of drug-likeness (QED) is 0.446. The highest BCUT2D eigenvalue weighted by molar-refractivity contribution is 4.92. The lowest BCUT2D eigenvalue weighted by Gasteiger charge is -2.20. The van der Waals surface area contributed by atoms with Gasteiger partial charge in [-0.3, -0.25) is 10.6 Å². The van der Waals surface area contributed by atoms with Crippen molar-refractivity contribution in [3.63, 3.8) is 0 Å². The zero-order valence-electron chi connectivity index (χ0n) is 9.40. The molecule has 5 nitrogen and oxygen atoms in total. The molecule has 1 atom stereocenters. The van der Waals surface area contributed by atoms with Crippen LogP contribution in [0.4, 0.5) is 4.39 Å². The molecule has 92 valence electrons. The predicted octanol–water partition coefficient (Wildman–Crippen LogP) is 0.555. The van der Waals surface area contributed by atoms with Gasteiger partial charge in [0.1, 0.15) is 12.1 Å². The Kier molecular flexibility index (Phi) is 4.54. The van der Waals surface area contributed by atoms with E-state index in [0.29, 0.717) is 19.1 Å². The van der Waals surface area contributed by atoms with Gasteiger partial charge < -0.3 is 4.74 Å². The molecule has 1 aliphatic heterocycles. The topological polar surface area (TPSA) is 59.1 Å². The number of hydrogen-bond acceptors (Lipinski definition) is 5. The molecule has 2 heterocycles. The van der Waals surface area contributed by atoms with Gasteiger partial charge in [-0.1, -0.05) is 12.2 Å². The van der Waals surface area contributed by atoms with E-state index in [1.54, 1.807) is 0 Å². The van der Waals surface area contributed by atoms with Gasteiger partial charge in [0, 0.05) is 13.0 Å². The smallest absolute Gasteiger partial charge is 0.159 e. The molecule has 1 unspecified atom stereocenters. The van der Waals surface area contributed by atoms with E-state index in [2.05, 4.69) is 32.8 Å². The SMILES string of the molecule is Fc1cnc(CNCOC2CC=CCN2)nc1. The van der Waals surface area contributed by atoms with Crippen LogP contribution >= 0.6 is 0 Å². The van der Waals surface area contributed by atoms with Crippen LogP contribution in [0.5, 0.6) is 0 Å². The van der Waals surface area contributed by atoms with Gasteiger partial charge in [-0.05, 0) is 0 Å². The van der Waals surface area contributed by atoms with Crippen LogP contribution in [0, 0.1) is 5.82 Å². The second-order valence-electron chi connectivity index (χ2n) is 3.66. The minimum absolute atomic E-state index is 0.0571. The average molecular weight is 238 g/mol. The van der Waals surface area contributed by atoms with Gasteiger partial charge in [0.25, 0.3) is 0 Å². The van der Waals surface area contributed by atoms with Crippen molar-refractivity contribution in [2.24, 2.45) is 0 Å². The molecule has 0 fully saturated rings. The summed E-state index contributed by atoms with van der Waals surface area (Å²) in [5.74, 6) is 0.120. The zero-order chi connectivity index (χ0) is 11.9. The maximum Gasteiger partial charge on any atom is 0.159 e. The van der Waals surface area contributed by atoms with Crippen LogP contribution in [0.1, 0.15) is 12.2 Å². The first-order valence-corrected chi connectivity index (χ1v) is 5.52. The van der Waals surface area contributed by atoms with E-state index in [4.69, 9.17) is 4.74 Å². The first-order chi connectivity index (χ1) is 8.34. The monoisotopic (exact) mass is 238 g/mol. The minimum Gasteiger partial charge on any atom is -0.348 e. The molecule has 0 amide bonds. The maximum atomic E-state index is 12.5. The number of ether oxygens (including phenoxy) is 1. The molecule has 0 radical (unpaired) electrons. The third-order valence-corrected chi connectivity index (χ3v) is 2.32. The molecule has 6 heteroatoms. The minimum atomic E-state index is -0.428. The summed E-state index contributed by atoms with van der Waals surface area (Å²) in [5.41, 5.74) is 0. The first-order valence-electron chi connectivity index (χ1n) is 5.52. The van der Waals surface area contributed by atoms with Crippen LogP contribution in [-0.4, -0.2) is 29.5 Å². The molecule has 0 aliphatic carbocycles. The van der Waals surface area contributed by atoms with Crippen molar-refractivity contribution < 1.29 is 9.13 Å². The molecule has 0 spiro atoms. The van der Waals surface area contributed by atoms with Gasteiger partial charge in [-0.2, -0.15) is 0 Å². The number of nitrogens with zero attached hydrogens (tertiary/aromatic N) is 2. The lowest BCUT2D eigenvalue weighted by molar-refractivity contribution is 0.0193. The Morgan fingerprint density at radius 1 is 1.41 bits per heavy atom. The molecule has 1 aromatic heterocycles. The van der Waals surface area contributed by atoms with Crippen LogP contribution in [0.15, 0.2) is 24.5 Å². The Balaban J connectivity index is 1.62. The fourth-order valence-corrected chi connectivity index (χ4v) is 1.47. The Hall–Kier alpha value is -1.37. The normalized spacial score (nSPS) is 19.5. The van der Waals surface area contributed by atoms with E-state index < -0.39 is 5.82 Å². The highest BCUT2D eigenvalue weighted by Crippen LogP contribution is 2.00.